The molecule has 2 N–H and O–H groups in total. The number of amides is 1. The number of benzene rings is 2. The summed E-state index contributed by atoms with van der Waals surface area (Å²) >= 11 is 0. The predicted octanol–water partition coefficient (Wildman–Crippen LogP) is 1.58. The van der Waals surface area contributed by atoms with Gasteiger partial charge in [0.2, 0.25) is 0 Å². The molecule has 178 valence electrons. The quantitative estimate of drug-likeness (QED) is 0.400. The Bertz CT molecular complexity index is 1500. The van der Waals surface area contributed by atoms with Crippen molar-refractivity contribution in [3.63, 3.8) is 0 Å². The van der Waals surface area contributed by atoms with Crippen LogP contribution in [0.3, 0.4) is 0 Å². The number of para-hydroxylation sites is 1. The number of nitrogens with zero attached hydrogens (tertiary/aromatic N) is 3. The van der Waals surface area contributed by atoms with Crippen molar-refractivity contribution in [1.29, 1.82) is 0 Å². The number of aromatic amines is 1. The van der Waals surface area contributed by atoms with Crippen LogP contribution < -0.4 is 26.9 Å². The van der Waals surface area contributed by atoms with E-state index in [9.17, 15) is 19.2 Å². The lowest BCUT2D eigenvalue weighted by Crippen LogP contribution is -2.40. The molecule has 1 amide bonds. The summed E-state index contributed by atoms with van der Waals surface area (Å²) in [5.74, 6) is 0.0706. The molecule has 35 heavy (non-hydrogen) atoms. The lowest BCUT2D eigenvalue weighted by molar-refractivity contribution is 0.0949. The molecule has 0 fully saturated rings. The van der Waals surface area contributed by atoms with E-state index in [2.05, 4.69) is 15.3 Å². The summed E-state index contributed by atoms with van der Waals surface area (Å²) in [4.78, 5) is 56.8. The van der Waals surface area contributed by atoms with Crippen LogP contribution in [0.1, 0.15) is 17.3 Å². The Hall–Kier alpha value is -4.73. The molecule has 0 saturated heterocycles. The Morgan fingerprint density at radius 2 is 1.80 bits per heavy atom. The highest BCUT2D eigenvalue weighted by Gasteiger charge is 2.15. The van der Waals surface area contributed by atoms with E-state index in [4.69, 9.17) is 4.74 Å². The van der Waals surface area contributed by atoms with Gasteiger partial charge in [-0.15, -0.1) is 0 Å². The van der Waals surface area contributed by atoms with E-state index in [1.165, 1.54) is 17.0 Å². The van der Waals surface area contributed by atoms with Gasteiger partial charge in [0.05, 0.1) is 24.3 Å². The fourth-order valence-corrected chi connectivity index (χ4v) is 3.47. The minimum atomic E-state index is -0.740. The molecule has 10 heteroatoms. The molecule has 0 saturated carbocycles. The van der Waals surface area contributed by atoms with Gasteiger partial charge in [-0.3, -0.25) is 19.0 Å². The van der Waals surface area contributed by atoms with Crippen molar-refractivity contribution < 1.29 is 9.53 Å². The van der Waals surface area contributed by atoms with Crippen LogP contribution in [0.15, 0.2) is 87.6 Å². The molecule has 0 atom stereocenters. The molecule has 0 radical (unpaired) electrons. The van der Waals surface area contributed by atoms with Crippen molar-refractivity contribution in [3.8, 4) is 22.7 Å². The molecule has 0 unspecified atom stereocenters. The molecule has 0 aliphatic heterocycles. The highest BCUT2D eigenvalue weighted by Crippen LogP contribution is 2.19. The Morgan fingerprint density at radius 3 is 2.49 bits per heavy atom. The normalized spacial score (nSPS) is 10.7. The third-order valence-corrected chi connectivity index (χ3v) is 5.21. The van der Waals surface area contributed by atoms with Crippen LogP contribution in [0.4, 0.5) is 0 Å². The largest absolute Gasteiger partial charge is 0.494 e. The standard InChI is InChI=1S/C25H23N5O5/c1-2-35-19-10-8-17(9-11-19)21-14-22(31)29(16-28-21)13-12-26-23(32)20-15-27-25(34)30(24(20)33)18-6-4-3-5-7-18/h3-11,14-16H,2,12-13H2,1H3,(H,26,32)(H,27,34). The van der Waals surface area contributed by atoms with E-state index in [0.29, 0.717) is 18.0 Å². The van der Waals surface area contributed by atoms with E-state index in [1.807, 2.05) is 31.2 Å². The Balaban J connectivity index is 1.43. The number of H-pyrrole nitrogens is 1. The molecule has 0 spiro atoms. The minimum absolute atomic E-state index is 0.0761. The summed E-state index contributed by atoms with van der Waals surface area (Å²) in [6.45, 7) is 2.69. The first-order valence-electron chi connectivity index (χ1n) is 11.0. The number of ether oxygens (including phenoxy) is 1. The van der Waals surface area contributed by atoms with Crippen LogP contribution in [0.5, 0.6) is 5.75 Å². The molecule has 4 aromatic rings. The zero-order valence-electron chi connectivity index (χ0n) is 18.9. The van der Waals surface area contributed by atoms with Crippen LogP contribution in [-0.4, -0.2) is 38.2 Å². The zero-order valence-corrected chi connectivity index (χ0v) is 18.9. The van der Waals surface area contributed by atoms with Crippen LogP contribution >= 0.6 is 0 Å². The van der Waals surface area contributed by atoms with Gasteiger partial charge in [-0.1, -0.05) is 18.2 Å². The molecule has 0 aliphatic carbocycles. The second-order valence-electron chi connectivity index (χ2n) is 7.50. The van der Waals surface area contributed by atoms with Gasteiger partial charge in [0.25, 0.3) is 17.0 Å². The number of hydrogen-bond donors (Lipinski definition) is 2. The summed E-state index contributed by atoms with van der Waals surface area (Å²) in [5, 5.41) is 2.60. The first kappa shape index (κ1) is 23.4. The maximum atomic E-state index is 12.8. The number of nitrogens with one attached hydrogen (secondary N) is 2. The molecule has 2 heterocycles. The van der Waals surface area contributed by atoms with Crippen molar-refractivity contribution >= 4 is 5.91 Å². The van der Waals surface area contributed by atoms with Gasteiger partial charge in [-0.25, -0.2) is 14.3 Å². The van der Waals surface area contributed by atoms with Gasteiger partial charge in [0, 0.05) is 30.9 Å². The molecule has 2 aromatic heterocycles. The van der Waals surface area contributed by atoms with Crippen LogP contribution in [-0.2, 0) is 6.54 Å². The van der Waals surface area contributed by atoms with Crippen molar-refractivity contribution in [3.05, 3.63) is 110 Å². The van der Waals surface area contributed by atoms with E-state index in [1.54, 1.807) is 30.3 Å². The zero-order chi connectivity index (χ0) is 24.8. The Morgan fingerprint density at radius 1 is 1.06 bits per heavy atom. The van der Waals surface area contributed by atoms with Crippen LogP contribution in [0.25, 0.3) is 16.9 Å². The Kier molecular flexibility index (Phi) is 7.01. The van der Waals surface area contributed by atoms with Gasteiger partial charge < -0.3 is 15.0 Å². The number of carbonyl (C=O) groups is 1. The van der Waals surface area contributed by atoms with Gasteiger partial charge in [0.15, 0.2) is 0 Å². The fourth-order valence-electron chi connectivity index (χ4n) is 3.47. The first-order valence-corrected chi connectivity index (χ1v) is 11.0. The monoisotopic (exact) mass is 473 g/mol. The van der Waals surface area contributed by atoms with Crippen molar-refractivity contribution in [1.82, 2.24) is 24.4 Å². The average molecular weight is 473 g/mol. The molecular weight excluding hydrogens is 450 g/mol. The van der Waals surface area contributed by atoms with Crippen LogP contribution in [0.2, 0.25) is 0 Å². The van der Waals surface area contributed by atoms with Gasteiger partial charge in [-0.05, 0) is 43.3 Å². The summed E-state index contributed by atoms with van der Waals surface area (Å²) in [7, 11) is 0. The molecule has 10 nitrogen and oxygen atoms in total. The first-order chi connectivity index (χ1) is 17.0. The molecule has 0 bridgehead atoms. The smallest absolute Gasteiger partial charge is 0.333 e. The average Bonchev–Trinajstić information content (AvgIpc) is 2.86. The third-order valence-electron chi connectivity index (χ3n) is 5.21. The number of carbonyl (C=O) groups excluding carboxylic acids is 1. The van der Waals surface area contributed by atoms with E-state index >= 15 is 0 Å². The van der Waals surface area contributed by atoms with E-state index < -0.39 is 17.2 Å². The summed E-state index contributed by atoms with van der Waals surface area (Å²) in [6, 6.07) is 17.0. The summed E-state index contributed by atoms with van der Waals surface area (Å²) in [6.07, 6.45) is 2.49. The van der Waals surface area contributed by atoms with Crippen molar-refractivity contribution in [2.24, 2.45) is 0 Å². The highest BCUT2D eigenvalue weighted by atomic mass is 16.5. The molecule has 2 aromatic carbocycles. The second kappa shape index (κ2) is 10.5. The van der Waals surface area contributed by atoms with Crippen molar-refractivity contribution in [2.75, 3.05) is 13.2 Å². The van der Waals surface area contributed by atoms with Gasteiger partial charge >= 0.3 is 5.69 Å². The fraction of sp³-hybridized carbons (Fsp3) is 0.160. The second-order valence-corrected chi connectivity index (χ2v) is 7.50. The van der Waals surface area contributed by atoms with E-state index in [0.717, 1.165) is 22.1 Å². The number of aromatic nitrogens is 4. The number of rotatable bonds is 8. The third kappa shape index (κ3) is 5.27. The molecule has 0 aliphatic rings. The van der Waals surface area contributed by atoms with Gasteiger partial charge in [0.1, 0.15) is 11.3 Å². The molecular formula is C25H23N5O5. The maximum absolute atomic E-state index is 12.8. The number of hydrogen-bond acceptors (Lipinski definition) is 6. The lowest BCUT2D eigenvalue weighted by Gasteiger charge is -2.10. The van der Waals surface area contributed by atoms with Gasteiger partial charge in [-0.2, -0.15) is 0 Å². The SMILES string of the molecule is CCOc1ccc(-c2cc(=O)n(CCNC(=O)c3c[nH]c(=O)n(-c4ccccc4)c3=O)cn2)cc1. The predicted molar refractivity (Wildman–Crippen MR) is 130 cm³/mol. The molecule has 4 rings (SSSR count). The Labute approximate surface area is 199 Å². The lowest BCUT2D eigenvalue weighted by atomic mass is 10.1. The highest BCUT2D eigenvalue weighted by molar-refractivity contribution is 5.93. The van der Waals surface area contributed by atoms with E-state index in [-0.39, 0.29) is 24.2 Å². The minimum Gasteiger partial charge on any atom is -0.494 e. The topological polar surface area (TPSA) is 128 Å². The van der Waals surface area contributed by atoms with Crippen LogP contribution in [0, 0.1) is 0 Å². The summed E-state index contributed by atoms with van der Waals surface area (Å²) in [5.41, 5.74) is -0.247. The summed E-state index contributed by atoms with van der Waals surface area (Å²) < 4.78 is 7.66. The maximum Gasteiger partial charge on any atom is 0.333 e. The van der Waals surface area contributed by atoms with Crippen molar-refractivity contribution in [2.45, 2.75) is 13.5 Å².